The molecule has 0 unspecified atom stereocenters. The standard InChI is InChI=1S/C15H18N2O4S2/c1-3-20-10-5-6-11-12(7-10)23-15(16-11)17-13(18)8-22-9-14(19)21-4-2/h5-7H,3-4,8-9H2,1-2H3,(H,16,17,18). The number of benzene rings is 1. The Labute approximate surface area is 142 Å². The van der Waals surface area contributed by atoms with Gasteiger partial charge in [0.1, 0.15) is 5.75 Å². The molecule has 1 aromatic carbocycles. The van der Waals surface area contributed by atoms with Gasteiger partial charge >= 0.3 is 5.97 Å². The van der Waals surface area contributed by atoms with Crippen molar-refractivity contribution in [3.05, 3.63) is 18.2 Å². The van der Waals surface area contributed by atoms with Gasteiger partial charge in [0.05, 0.1) is 34.9 Å². The maximum Gasteiger partial charge on any atom is 0.315 e. The number of nitrogens with one attached hydrogen (secondary N) is 1. The van der Waals surface area contributed by atoms with Crippen LogP contribution in [-0.2, 0) is 14.3 Å². The maximum atomic E-state index is 11.9. The zero-order valence-corrected chi connectivity index (χ0v) is 14.6. The number of ether oxygens (including phenoxy) is 2. The number of rotatable bonds is 8. The van der Waals surface area contributed by atoms with Crippen molar-refractivity contribution in [2.45, 2.75) is 13.8 Å². The molecule has 0 radical (unpaired) electrons. The highest BCUT2D eigenvalue weighted by molar-refractivity contribution is 8.00. The molecule has 1 heterocycles. The van der Waals surface area contributed by atoms with Crippen LogP contribution in [0.25, 0.3) is 10.2 Å². The number of nitrogens with zero attached hydrogens (tertiary/aromatic N) is 1. The molecule has 0 fully saturated rings. The highest BCUT2D eigenvalue weighted by Crippen LogP contribution is 2.29. The summed E-state index contributed by atoms with van der Waals surface area (Å²) in [6.07, 6.45) is 0. The molecule has 1 N–H and O–H groups in total. The number of thiazole rings is 1. The van der Waals surface area contributed by atoms with Crippen molar-refractivity contribution in [2.75, 3.05) is 30.0 Å². The van der Waals surface area contributed by atoms with Gasteiger partial charge in [-0.15, -0.1) is 11.8 Å². The molecule has 0 saturated carbocycles. The third kappa shape index (κ3) is 5.40. The minimum atomic E-state index is -0.311. The Morgan fingerprint density at radius 1 is 1.26 bits per heavy atom. The first-order valence-corrected chi connectivity index (χ1v) is 9.16. The van der Waals surface area contributed by atoms with Crippen LogP contribution in [0.4, 0.5) is 5.13 Å². The predicted molar refractivity (Wildman–Crippen MR) is 93.4 cm³/mol. The lowest BCUT2D eigenvalue weighted by molar-refractivity contribution is -0.139. The van der Waals surface area contributed by atoms with E-state index < -0.39 is 0 Å². The zero-order chi connectivity index (χ0) is 16.7. The smallest absolute Gasteiger partial charge is 0.315 e. The summed E-state index contributed by atoms with van der Waals surface area (Å²) in [5.74, 6) is 0.626. The van der Waals surface area contributed by atoms with Gasteiger partial charge in [-0.1, -0.05) is 11.3 Å². The van der Waals surface area contributed by atoms with E-state index in [1.54, 1.807) is 6.92 Å². The average molecular weight is 354 g/mol. The topological polar surface area (TPSA) is 77.5 Å². The zero-order valence-electron chi connectivity index (χ0n) is 13.0. The van der Waals surface area contributed by atoms with Gasteiger partial charge in [0, 0.05) is 0 Å². The first-order chi connectivity index (χ1) is 11.1. The summed E-state index contributed by atoms with van der Waals surface area (Å²) in [4.78, 5) is 27.4. The van der Waals surface area contributed by atoms with Crippen molar-refractivity contribution in [1.82, 2.24) is 4.98 Å². The quantitative estimate of drug-likeness (QED) is 0.735. The molecule has 124 valence electrons. The normalized spacial score (nSPS) is 10.5. The molecule has 2 aromatic rings. The summed E-state index contributed by atoms with van der Waals surface area (Å²) in [6.45, 7) is 4.63. The van der Waals surface area contributed by atoms with E-state index in [2.05, 4.69) is 10.3 Å². The van der Waals surface area contributed by atoms with Crippen LogP contribution in [0.5, 0.6) is 5.75 Å². The van der Waals surface area contributed by atoms with E-state index in [-0.39, 0.29) is 23.4 Å². The molecular formula is C15H18N2O4S2. The molecule has 0 saturated heterocycles. The van der Waals surface area contributed by atoms with E-state index in [1.807, 2.05) is 25.1 Å². The molecule has 2 rings (SSSR count). The van der Waals surface area contributed by atoms with E-state index in [1.165, 1.54) is 23.1 Å². The van der Waals surface area contributed by atoms with Crippen molar-refractivity contribution in [3.8, 4) is 5.75 Å². The number of aromatic nitrogens is 1. The van der Waals surface area contributed by atoms with E-state index in [0.29, 0.717) is 18.3 Å². The fraction of sp³-hybridized carbons (Fsp3) is 0.400. The number of amides is 1. The van der Waals surface area contributed by atoms with Crippen LogP contribution in [0, 0.1) is 0 Å². The van der Waals surface area contributed by atoms with Gasteiger partial charge in [0.2, 0.25) is 5.91 Å². The Morgan fingerprint density at radius 2 is 2.09 bits per heavy atom. The van der Waals surface area contributed by atoms with Gasteiger partial charge in [-0.05, 0) is 32.0 Å². The number of hydrogen-bond acceptors (Lipinski definition) is 7. The van der Waals surface area contributed by atoms with Crippen LogP contribution in [-0.4, -0.2) is 41.6 Å². The molecule has 0 aliphatic rings. The molecule has 0 atom stereocenters. The average Bonchev–Trinajstić information content (AvgIpc) is 2.89. The van der Waals surface area contributed by atoms with E-state index in [0.717, 1.165) is 16.0 Å². The summed E-state index contributed by atoms with van der Waals surface area (Å²) in [6, 6.07) is 5.62. The highest BCUT2D eigenvalue weighted by Gasteiger charge is 2.10. The fourth-order valence-corrected chi connectivity index (χ4v) is 3.32. The third-order valence-corrected chi connectivity index (χ3v) is 4.52. The summed E-state index contributed by atoms with van der Waals surface area (Å²) < 4.78 is 11.2. The largest absolute Gasteiger partial charge is 0.494 e. The monoisotopic (exact) mass is 354 g/mol. The lowest BCUT2D eigenvalue weighted by Gasteiger charge is -2.02. The molecule has 1 aromatic heterocycles. The predicted octanol–water partition coefficient (Wildman–Crippen LogP) is 2.93. The molecular weight excluding hydrogens is 336 g/mol. The Balaban J connectivity index is 1.88. The minimum absolute atomic E-state index is 0.165. The SMILES string of the molecule is CCOC(=O)CSCC(=O)Nc1nc2ccc(OCC)cc2s1. The fourth-order valence-electron chi connectivity index (χ4n) is 1.80. The Bertz CT molecular complexity index is 687. The Hall–Kier alpha value is -1.80. The molecule has 6 nitrogen and oxygen atoms in total. The van der Waals surface area contributed by atoms with E-state index in [9.17, 15) is 9.59 Å². The number of anilines is 1. The van der Waals surface area contributed by atoms with Crippen molar-refractivity contribution in [3.63, 3.8) is 0 Å². The summed E-state index contributed by atoms with van der Waals surface area (Å²) in [5, 5.41) is 3.28. The minimum Gasteiger partial charge on any atom is -0.494 e. The molecule has 0 bridgehead atoms. The van der Waals surface area contributed by atoms with Crippen LogP contribution in [0.15, 0.2) is 18.2 Å². The van der Waals surface area contributed by atoms with E-state index in [4.69, 9.17) is 9.47 Å². The molecule has 1 amide bonds. The second kappa shape index (κ2) is 8.73. The number of thioether (sulfide) groups is 1. The van der Waals surface area contributed by atoms with Gasteiger partial charge in [0.25, 0.3) is 0 Å². The van der Waals surface area contributed by atoms with Gasteiger partial charge in [-0.3, -0.25) is 9.59 Å². The second-order valence-corrected chi connectivity index (χ2v) is 6.44. The summed E-state index contributed by atoms with van der Waals surface area (Å²) in [5.41, 5.74) is 0.813. The molecule has 0 spiro atoms. The lowest BCUT2D eigenvalue weighted by atomic mass is 10.3. The first kappa shape index (κ1) is 17.6. The van der Waals surface area contributed by atoms with Gasteiger partial charge in [-0.25, -0.2) is 4.98 Å². The molecule has 0 aliphatic heterocycles. The van der Waals surface area contributed by atoms with Crippen molar-refractivity contribution in [2.24, 2.45) is 0 Å². The van der Waals surface area contributed by atoms with Gasteiger partial charge in [0.15, 0.2) is 5.13 Å². The molecule has 23 heavy (non-hydrogen) atoms. The van der Waals surface area contributed by atoms with Crippen LogP contribution in [0.3, 0.4) is 0 Å². The Morgan fingerprint density at radius 3 is 2.83 bits per heavy atom. The van der Waals surface area contributed by atoms with Gasteiger partial charge < -0.3 is 14.8 Å². The van der Waals surface area contributed by atoms with Crippen molar-refractivity contribution >= 4 is 50.3 Å². The summed E-state index contributed by atoms with van der Waals surface area (Å²) >= 11 is 2.60. The van der Waals surface area contributed by atoms with Crippen molar-refractivity contribution in [1.29, 1.82) is 0 Å². The van der Waals surface area contributed by atoms with Crippen LogP contribution in [0.2, 0.25) is 0 Å². The van der Waals surface area contributed by atoms with Crippen LogP contribution >= 0.6 is 23.1 Å². The van der Waals surface area contributed by atoms with Crippen LogP contribution < -0.4 is 10.1 Å². The number of fused-ring (bicyclic) bond motifs is 1. The number of carbonyl (C=O) groups excluding carboxylic acids is 2. The van der Waals surface area contributed by atoms with Gasteiger partial charge in [-0.2, -0.15) is 0 Å². The van der Waals surface area contributed by atoms with Crippen LogP contribution in [0.1, 0.15) is 13.8 Å². The number of hydrogen-bond donors (Lipinski definition) is 1. The third-order valence-electron chi connectivity index (χ3n) is 2.68. The first-order valence-electron chi connectivity index (χ1n) is 7.19. The maximum absolute atomic E-state index is 11.9. The number of carbonyl (C=O) groups is 2. The summed E-state index contributed by atoms with van der Waals surface area (Å²) in [7, 11) is 0. The van der Waals surface area contributed by atoms with Crippen molar-refractivity contribution < 1.29 is 19.1 Å². The second-order valence-electron chi connectivity index (χ2n) is 4.43. The van der Waals surface area contributed by atoms with E-state index >= 15 is 0 Å². The highest BCUT2D eigenvalue weighted by atomic mass is 32.2. The molecule has 8 heteroatoms. The lowest BCUT2D eigenvalue weighted by Crippen LogP contribution is -2.16. The number of esters is 1. The molecule has 0 aliphatic carbocycles. The Kier molecular flexibility index (Phi) is 6.66.